The van der Waals surface area contributed by atoms with Crippen molar-refractivity contribution in [1.82, 2.24) is 0 Å². The van der Waals surface area contributed by atoms with Crippen LogP contribution in [0.2, 0.25) is 0 Å². The van der Waals surface area contributed by atoms with Gasteiger partial charge in [0.2, 0.25) is 0 Å². The molecule has 17 heavy (non-hydrogen) atoms. The first-order valence-electron chi connectivity index (χ1n) is 5.44. The lowest BCUT2D eigenvalue weighted by Crippen LogP contribution is -1.95. The zero-order valence-electron chi connectivity index (χ0n) is 9.38. The third-order valence-corrected chi connectivity index (χ3v) is 2.82. The molecule has 0 bridgehead atoms. The molecule has 0 aliphatic heterocycles. The molecule has 0 aliphatic carbocycles. The standard InChI is InChI=1S/C14H12O3/c1-9-2-3-12-11(6-9)7-13(17-12)14(15)10-4-5-16-8-10/h2-8,14-15H,1H3. The van der Waals surface area contributed by atoms with Gasteiger partial charge in [-0.2, -0.15) is 0 Å². The van der Waals surface area contributed by atoms with Gasteiger partial charge in [-0.1, -0.05) is 11.6 Å². The minimum Gasteiger partial charge on any atom is -0.472 e. The number of rotatable bonds is 2. The van der Waals surface area contributed by atoms with E-state index in [0.29, 0.717) is 11.3 Å². The van der Waals surface area contributed by atoms with Crippen LogP contribution in [0, 0.1) is 6.92 Å². The van der Waals surface area contributed by atoms with E-state index in [4.69, 9.17) is 8.83 Å². The number of aliphatic hydroxyl groups excluding tert-OH is 1. The van der Waals surface area contributed by atoms with Crippen LogP contribution in [0.25, 0.3) is 11.0 Å². The topological polar surface area (TPSA) is 46.5 Å². The number of benzene rings is 1. The lowest BCUT2D eigenvalue weighted by molar-refractivity contribution is 0.191. The molecule has 86 valence electrons. The van der Waals surface area contributed by atoms with Crippen molar-refractivity contribution in [3.05, 3.63) is 59.7 Å². The number of fused-ring (bicyclic) bond motifs is 1. The van der Waals surface area contributed by atoms with E-state index in [-0.39, 0.29) is 0 Å². The first-order chi connectivity index (χ1) is 8.24. The van der Waals surface area contributed by atoms with Crippen molar-refractivity contribution in [2.45, 2.75) is 13.0 Å². The molecule has 0 aliphatic rings. The van der Waals surface area contributed by atoms with Gasteiger partial charge in [0.25, 0.3) is 0 Å². The van der Waals surface area contributed by atoms with Crippen LogP contribution >= 0.6 is 0 Å². The predicted octanol–water partition coefficient (Wildman–Crippen LogP) is 3.42. The molecule has 3 rings (SSSR count). The second-order valence-electron chi connectivity index (χ2n) is 4.15. The summed E-state index contributed by atoms with van der Waals surface area (Å²) < 4.78 is 10.6. The van der Waals surface area contributed by atoms with E-state index in [1.165, 1.54) is 18.1 Å². The smallest absolute Gasteiger partial charge is 0.140 e. The van der Waals surface area contributed by atoms with Gasteiger partial charge in [0.1, 0.15) is 17.4 Å². The molecule has 0 radical (unpaired) electrons. The maximum Gasteiger partial charge on any atom is 0.140 e. The molecule has 3 heteroatoms. The van der Waals surface area contributed by atoms with E-state index in [2.05, 4.69) is 0 Å². The van der Waals surface area contributed by atoms with Gasteiger partial charge in [0, 0.05) is 10.9 Å². The van der Waals surface area contributed by atoms with E-state index in [1.807, 2.05) is 31.2 Å². The third kappa shape index (κ3) is 1.74. The molecule has 1 aromatic carbocycles. The summed E-state index contributed by atoms with van der Waals surface area (Å²) >= 11 is 0. The third-order valence-electron chi connectivity index (χ3n) is 2.82. The number of furan rings is 2. The highest BCUT2D eigenvalue weighted by atomic mass is 16.4. The van der Waals surface area contributed by atoms with E-state index >= 15 is 0 Å². The van der Waals surface area contributed by atoms with Crippen LogP contribution in [0.4, 0.5) is 0 Å². The molecule has 1 unspecified atom stereocenters. The van der Waals surface area contributed by atoms with E-state index in [0.717, 1.165) is 11.0 Å². The van der Waals surface area contributed by atoms with Crippen LogP contribution in [0.1, 0.15) is 23.0 Å². The van der Waals surface area contributed by atoms with Crippen LogP contribution in [0.5, 0.6) is 0 Å². The second-order valence-corrected chi connectivity index (χ2v) is 4.15. The Balaban J connectivity index is 2.06. The van der Waals surface area contributed by atoms with Crippen molar-refractivity contribution in [2.24, 2.45) is 0 Å². The Morgan fingerprint density at radius 1 is 1.18 bits per heavy atom. The highest BCUT2D eigenvalue weighted by Crippen LogP contribution is 2.28. The first kappa shape index (κ1) is 10.2. The maximum absolute atomic E-state index is 10.1. The number of hydrogen-bond acceptors (Lipinski definition) is 3. The number of aliphatic hydroxyl groups is 1. The fraction of sp³-hybridized carbons (Fsp3) is 0.143. The van der Waals surface area contributed by atoms with Crippen LogP contribution in [0.3, 0.4) is 0 Å². The van der Waals surface area contributed by atoms with Gasteiger partial charge in [-0.3, -0.25) is 0 Å². The Morgan fingerprint density at radius 2 is 2.06 bits per heavy atom. The summed E-state index contributed by atoms with van der Waals surface area (Å²) in [6, 6.07) is 9.52. The molecule has 0 spiro atoms. The molecule has 1 N–H and O–H groups in total. The second kappa shape index (κ2) is 3.79. The summed E-state index contributed by atoms with van der Waals surface area (Å²) in [4.78, 5) is 0. The molecular weight excluding hydrogens is 216 g/mol. The van der Waals surface area contributed by atoms with Crippen molar-refractivity contribution in [1.29, 1.82) is 0 Å². The fourth-order valence-electron chi connectivity index (χ4n) is 1.91. The molecule has 2 heterocycles. The van der Waals surface area contributed by atoms with E-state index < -0.39 is 6.10 Å². The van der Waals surface area contributed by atoms with Crippen molar-refractivity contribution >= 4 is 11.0 Å². The Labute approximate surface area is 98.3 Å². The molecule has 3 aromatic rings. The van der Waals surface area contributed by atoms with Crippen molar-refractivity contribution < 1.29 is 13.9 Å². The minimum atomic E-state index is -0.776. The van der Waals surface area contributed by atoms with Gasteiger partial charge >= 0.3 is 0 Å². The van der Waals surface area contributed by atoms with E-state index in [9.17, 15) is 5.11 Å². The minimum absolute atomic E-state index is 0.534. The normalized spacial score (nSPS) is 13.1. The van der Waals surface area contributed by atoms with Crippen LogP contribution in [-0.2, 0) is 0 Å². The summed E-state index contributed by atoms with van der Waals surface area (Å²) in [5.41, 5.74) is 2.65. The van der Waals surface area contributed by atoms with Gasteiger partial charge in [0.15, 0.2) is 0 Å². The Morgan fingerprint density at radius 3 is 2.82 bits per heavy atom. The molecule has 3 nitrogen and oxygen atoms in total. The Bertz CT molecular complexity index is 635. The Kier molecular flexibility index (Phi) is 2.27. The van der Waals surface area contributed by atoms with Crippen molar-refractivity contribution in [2.75, 3.05) is 0 Å². The summed E-state index contributed by atoms with van der Waals surface area (Å²) in [5.74, 6) is 0.534. The maximum atomic E-state index is 10.1. The van der Waals surface area contributed by atoms with Gasteiger partial charge in [0.05, 0.1) is 12.5 Å². The summed E-state index contributed by atoms with van der Waals surface area (Å²) in [7, 11) is 0. The Hall–Kier alpha value is -2.00. The van der Waals surface area contributed by atoms with Crippen LogP contribution in [-0.4, -0.2) is 5.11 Å². The van der Waals surface area contributed by atoms with Gasteiger partial charge in [-0.05, 0) is 31.2 Å². The average Bonchev–Trinajstić information content (AvgIpc) is 2.96. The van der Waals surface area contributed by atoms with Crippen molar-refractivity contribution in [3.63, 3.8) is 0 Å². The van der Waals surface area contributed by atoms with Gasteiger partial charge < -0.3 is 13.9 Å². The summed E-state index contributed by atoms with van der Waals surface area (Å²) in [6.45, 7) is 2.03. The largest absolute Gasteiger partial charge is 0.472 e. The highest BCUT2D eigenvalue weighted by Gasteiger charge is 2.16. The average molecular weight is 228 g/mol. The van der Waals surface area contributed by atoms with Crippen LogP contribution in [0.15, 0.2) is 51.7 Å². The van der Waals surface area contributed by atoms with Gasteiger partial charge in [-0.25, -0.2) is 0 Å². The lowest BCUT2D eigenvalue weighted by Gasteiger charge is -2.02. The predicted molar refractivity (Wildman–Crippen MR) is 63.7 cm³/mol. The lowest BCUT2D eigenvalue weighted by atomic mass is 10.1. The summed E-state index contributed by atoms with van der Waals surface area (Å²) in [6.07, 6.45) is 2.27. The summed E-state index contributed by atoms with van der Waals surface area (Å²) in [5, 5.41) is 11.1. The monoisotopic (exact) mass is 228 g/mol. The first-order valence-corrected chi connectivity index (χ1v) is 5.44. The van der Waals surface area contributed by atoms with Gasteiger partial charge in [-0.15, -0.1) is 0 Å². The molecule has 0 fully saturated rings. The molecular formula is C14H12O3. The molecule has 0 saturated carbocycles. The van der Waals surface area contributed by atoms with Crippen molar-refractivity contribution in [3.8, 4) is 0 Å². The molecule has 0 amide bonds. The SMILES string of the molecule is Cc1ccc2oc(C(O)c3ccoc3)cc2c1. The fourth-order valence-corrected chi connectivity index (χ4v) is 1.91. The number of hydrogen-bond donors (Lipinski definition) is 1. The zero-order valence-corrected chi connectivity index (χ0v) is 9.38. The van der Waals surface area contributed by atoms with E-state index in [1.54, 1.807) is 6.07 Å². The molecule has 1 atom stereocenters. The molecule has 2 aromatic heterocycles. The molecule has 0 saturated heterocycles. The zero-order chi connectivity index (χ0) is 11.8. The number of aryl methyl sites for hydroxylation is 1. The van der Waals surface area contributed by atoms with Crippen LogP contribution < -0.4 is 0 Å². The quantitative estimate of drug-likeness (QED) is 0.731. The highest BCUT2D eigenvalue weighted by molar-refractivity contribution is 5.78.